The van der Waals surface area contributed by atoms with Crippen LogP contribution >= 0.6 is 0 Å². The molecule has 0 aliphatic rings. The van der Waals surface area contributed by atoms with E-state index >= 15 is 0 Å². The van der Waals surface area contributed by atoms with Crippen LogP contribution in [0.4, 0.5) is 0 Å². The van der Waals surface area contributed by atoms with Gasteiger partial charge in [0.25, 0.3) is 0 Å². The standard InChI is InChI=1S/C35H56N6O4/c1-4-5-6-7-8-9-10-14-28(42)21-26(20-27-23-40-30-16-12-11-15-29(27)30)34(45)41-31(17-13-18-39-35(37)38)32(43)22-25(33(36)44)19-24(2)3/h11-12,15-16,23-26,31,40H,4-10,13-14,17-22H2,1-3H3,(H2,36,44)(H,41,45)(H4,37,38,39)/t25-,26+,31+/m1/s1. The van der Waals surface area contributed by atoms with Crippen LogP contribution in [0, 0.1) is 17.8 Å². The Morgan fingerprint density at radius 1 is 0.889 bits per heavy atom. The highest BCUT2D eigenvalue weighted by molar-refractivity contribution is 5.94. The van der Waals surface area contributed by atoms with Crippen molar-refractivity contribution in [1.82, 2.24) is 10.3 Å². The number of para-hydroxylation sites is 1. The van der Waals surface area contributed by atoms with Crippen LogP contribution in [0.15, 0.2) is 35.5 Å². The molecule has 1 aromatic carbocycles. The Balaban J connectivity index is 2.20. The molecule has 0 saturated carbocycles. The molecule has 10 heteroatoms. The molecule has 0 saturated heterocycles. The predicted octanol–water partition coefficient (Wildman–Crippen LogP) is 5.07. The number of unbranched alkanes of at least 4 members (excludes halogenated alkanes) is 6. The molecule has 45 heavy (non-hydrogen) atoms. The summed E-state index contributed by atoms with van der Waals surface area (Å²) in [7, 11) is 0. The maximum atomic E-state index is 13.9. The molecule has 2 amide bonds. The number of amides is 2. The minimum atomic E-state index is -0.857. The molecule has 0 radical (unpaired) electrons. The van der Waals surface area contributed by atoms with Gasteiger partial charge in [0.1, 0.15) is 5.78 Å². The topological polar surface area (TPSA) is 187 Å². The number of hydrogen-bond donors (Lipinski definition) is 5. The summed E-state index contributed by atoms with van der Waals surface area (Å²) in [6.45, 7) is 6.42. The summed E-state index contributed by atoms with van der Waals surface area (Å²) in [6, 6.07) is 6.99. The van der Waals surface area contributed by atoms with Gasteiger partial charge in [0.15, 0.2) is 11.7 Å². The quantitative estimate of drug-likeness (QED) is 0.0616. The smallest absolute Gasteiger partial charge is 0.224 e. The van der Waals surface area contributed by atoms with E-state index in [-0.39, 0.29) is 42.2 Å². The Morgan fingerprint density at radius 3 is 2.24 bits per heavy atom. The van der Waals surface area contributed by atoms with E-state index in [4.69, 9.17) is 17.2 Å². The lowest BCUT2D eigenvalue weighted by Gasteiger charge is -2.24. The molecule has 0 bridgehead atoms. The number of benzene rings is 1. The number of carbonyl (C=O) groups is 4. The number of hydrogen-bond acceptors (Lipinski definition) is 5. The van der Waals surface area contributed by atoms with E-state index in [2.05, 4.69) is 22.2 Å². The molecule has 0 aliphatic carbocycles. The number of Topliss-reactive ketones (excluding diaryl/α,β-unsaturated/α-hetero) is 2. The maximum Gasteiger partial charge on any atom is 0.224 e. The average molecular weight is 625 g/mol. The zero-order valence-electron chi connectivity index (χ0n) is 27.6. The van der Waals surface area contributed by atoms with Crippen molar-refractivity contribution in [2.24, 2.45) is 39.9 Å². The molecule has 1 heterocycles. The lowest BCUT2D eigenvalue weighted by Crippen LogP contribution is -2.45. The number of guanidine groups is 1. The molecule has 2 rings (SSSR count). The number of carbonyl (C=O) groups excluding carboxylic acids is 4. The fourth-order valence-corrected chi connectivity index (χ4v) is 5.84. The number of nitrogens with one attached hydrogen (secondary N) is 2. The highest BCUT2D eigenvalue weighted by Crippen LogP contribution is 2.24. The van der Waals surface area contributed by atoms with Crippen LogP contribution in [-0.4, -0.2) is 46.9 Å². The zero-order chi connectivity index (χ0) is 33.2. The number of rotatable bonds is 24. The summed E-state index contributed by atoms with van der Waals surface area (Å²) in [6.07, 6.45) is 11.7. The molecule has 0 unspecified atom stereocenters. The van der Waals surface area contributed by atoms with Crippen LogP contribution in [0.5, 0.6) is 0 Å². The molecule has 0 fully saturated rings. The maximum absolute atomic E-state index is 13.9. The minimum absolute atomic E-state index is 0.0462. The van der Waals surface area contributed by atoms with Gasteiger partial charge in [0.2, 0.25) is 11.8 Å². The molecule has 8 N–H and O–H groups in total. The van der Waals surface area contributed by atoms with E-state index < -0.39 is 23.8 Å². The molecule has 0 spiro atoms. The van der Waals surface area contributed by atoms with Crippen molar-refractivity contribution in [3.8, 4) is 0 Å². The van der Waals surface area contributed by atoms with Crippen molar-refractivity contribution in [2.45, 2.75) is 117 Å². The van der Waals surface area contributed by atoms with Gasteiger partial charge in [0.05, 0.1) is 6.04 Å². The summed E-state index contributed by atoms with van der Waals surface area (Å²) in [5.41, 5.74) is 18.4. The van der Waals surface area contributed by atoms with Crippen LogP contribution in [0.25, 0.3) is 10.9 Å². The van der Waals surface area contributed by atoms with Gasteiger partial charge in [-0.05, 0) is 49.7 Å². The van der Waals surface area contributed by atoms with Crippen LogP contribution in [-0.2, 0) is 25.6 Å². The highest BCUT2D eigenvalue weighted by Gasteiger charge is 2.30. The van der Waals surface area contributed by atoms with E-state index in [1.54, 1.807) is 0 Å². The van der Waals surface area contributed by atoms with E-state index in [1.165, 1.54) is 25.7 Å². The van der Waals surface area contributed by atoms with Crippen molar-refractivity contribution in [3.05, 3.63) is 36.0 Å². The first-order chi connectivity index (χ1) is 21.5. The molecule has 10 nitrogen and oxygen atoms in total. The van der Waals surface area contributed by atoms with Crippen molar-refractivity contribution < 1.29 is 19.2 Å². The first-order valence-corrected chi connectivity index (χ1v) is 16.8. The Labute approximate surface area is 268 Å². The van der Waals surface area contributed by atoms with Crippen molar-refractivity contribution >= 4 is 40.2 Å². The van der Waals surface area contributed by atoms with Gasteiger partial charge >= 0.3 is 0 Å². The summed E-state index contributed by atoms with van der Waals surface area (Å²) >= 11 is 0. The second kappa shape index (κ2) is 20.4. The molecule has 3 atom stereocenters. The van der Waals surface area contributed by atoms with Crippen LogP contribution in [0.2, 0.25) is 0 Å². The van der Waals surface area contributed by atoms with Gasteiger partial charge in [-0.1, -0.05) is 77.5 Å². The summed E-state index contributed by atoms with van der Waals surface area (Å²) < 4.78 is 0. The van der Waals surface area contributed by atoms with Gasteiger partial charge in [0, 0.05) is 54.7 Å². The normalized spacial score (nSPS) is 13.3. The number of nitrogens with zero attached hydrogens (tertiary/aromatic N) is 1. The molecule has 1 aromatic heterocycles. The number of fused-ring (bicyclic) bond motifs is 1. The molecular weight excluding hydrogens is 568 g/mol. The number of aliphatic imine (C=N–C) groups is 1. The van der Waals surface area contributed by atoms with Crippen LogP contribution in [0.1, 0.15) is 110 Å². The van der Waals surface area contributed by atoms with Crippen molar-refractivity contribution in [3.63, 3.8) is 0 Å². The Hall–Kier alpha value is -3.69. The molecule has 0 aliphatic heterocycles. The first kappa shape index (κ1) is 37.5. The summed E-state index contributed by atoms with van der Waals surface area (Å²) in [5, 5.41) is 3.95. The zero-order valence-corrected chi connectivity index (χ0v) is 27.6. The Kier molecular flexibility index (Phi) is 17.0. The van der Waals surface area contributed by atoms with Crippen molar-refractivity contribution in [2.75, 3.05) is 6.54 Å². The Bertz CT molecular complexity index is 1250. The number of H-pyrrole nitrogens is 1. The lowest BCUT2D eigenvalue weighted by molar-refractivity contribution is -0.133. The number of ketones is 2. The number of aromatic nitrogens is 1. The summed E-state index contributed by atoms with van der Waals surface area (Å²) in [5.74, 6) is -2.26. The van der Waals surface area contributed by atoms with E-state index in [9.17, 15) is 19.2 Å². The third kappa shape index (κ3) is 14.3. The number of aromatic amines is 1. The number of nitrogens with two attached hydrogens (primary N) is 3. The van der Waals surface area contributed by atoms with Gasteiger partial charge in [-0.2, -0.15) is 0 Å². The average Bonchev–Trinajstić information content (AvgIpc) is 3.39. The first-order valence-electron chi connectivity index (χ1n) is 16.8. The molecule has 2 aromatic rings. The fourth-order valence-electron chi connectivity index (χ4n) is 5.84. The predicted molar refractivity (Wildman–Crippen MR) is 181 cm³/mol. The van der Waals surface area contributed by atoms with Gasteiger partial charge in [-0.15, -0.1) is 0 Å². The highest BCUT2D eigenvalue weighted by atomic mass is 16.2. The SMILES string of the molecule is CCCCCCCCCC(=O)C[C@H](Cc1c[nH]c2ccccc12)C(=O)N[C@@H](CCCN=C(N)N)C(=O)C[C@@H](CC(C)C)C(N)=O. The number of primary amides is 1. The van der Waals surface area contributed by atoms with Gasteiger partial charge in [-0.25, -0.2) is 0 Å². The molecular formula is C35H56N6O4. The van der Waals surface area contributed by atoms with Gasteiger partial charge in [-0.3, -0.25) is 24.2 Å². The largest absolute Gasteiger partial charge is 0.370 e. The third-order valence-corrected chi connectivity index (χ3v) is 8.30. The minimum Gasteiger partial charge on any atom is -0.370 e. The fraction of sp³-hybridized carbons (Fsp3) is 0.629. The van der Waals surface area contributed by atoms with E-state index in [0.717, 1.165) is 35.7 Å². The van der Waals surface area contributed by atoms with E-state index in [0.29, 0.717) is 38.6 Å². The van der Waals surface area contributed by atoms with Crippen molar-refractivity contribution in [1.29, 1.82) is 0 Å². The van der Waals surface area contributed by atoms with Crippen LogP contribution in [0.3, 0.4) is 0 Å². The Morgan fingerprint density at radius 2 is 1.58 bits per heavy atom. The summed E-state index contributed by atoms with van der Waals surface area (Å²) in [4.78, 5) is 60.0. The second-order valence-electron chi connectivity index (χ2n) is 12.8. The second-order valence-corrected chi connectivity index (χ2v) is 12.8. The molecule has 250 valence electrons. The third-order valence-electron chi connectivity index (χ3n) is 8.30. The van der Waals surface area contributed by atoms with Crippen LogP contribution < -0.4 is 22.5 Å². The lowest BCUT2D eigenvalue weighted by atomic mass is 9.88. The van der Waals surface area contributed by atoms with E-state index in [1.807, 2.05) is 44.3 Å². The monoisotopic (exact) mass is 624 g/mol. The van der Waals surface area contributed by atoms with Gasteiger partial charge < -0.3 is 27.5 Å².